The van der Waals surface area contributed by atoms with Gasteiger partial charge in [0.2, 0.25) is 10.0 Å². The smallest absolute Gasteiger partial charge is 0.302 e. The molecule has 1 aromatic carbocycles. The highest BCUT2D eigenvalue weighted by molar-refractivity contribution is 7.89. The van der Waals surface area contributed by atoms with Crippen LogP contribution < -0.4 is 4.72 Å². The number of rotatable bonds is 6. The summed E-state index contributed by atoms with van der Waals surface area (Å²) in [5.74, 6) is -0.571. The molecule has 1 rings (SSSR count). The molecular formula is C15H22FNO4S. The second kappa shape index (κ2) is 7.19. The van der Waals surface area contributed by atoms with Crippen molar-refractivity contribution in [3.8, 4) is 0 Å². The van der Waals surface area contributed by atoms with E-state index in [2.05, 4.69) is 9.46 Å². The van der Waals surface area contributed by atoms with Crippen molar-refractivity contribution in [1.82, 2.24) is 4.72 Å². The van der Waals surface area contributed by atoms with Gasteiger partial charge in [0, 0.05) is 18.9 Å². The Hall–Kier alpha value is -1.47. The third-order valence-corrected chi connectivity index (χ3v) is 4.47. The third kappa shape index (κ3) is 6.11. The minimum absolute atomic E-state index is 0.0374. The molecule has 0 fully saturated rings. The molecular weight excluding hydrogens is 309 g/mol. The molecule has 0 saturated heterocycles. The van der Waals surface area contributed by atoms with Crippen molar-refractivity contribution in [2.24, 2.45) is 0 Å². The van der Waals surface area contributed by atoms with Gasteiger partial charge in [-0.25, -0.2) is 17.5 Å². The number of benzene rings is 1. The molecule has 1 unspecified atom stereocenters. The van der Waals surface area contributed by atoms with E-state index < -0.39 is 34.3 Å². The monoisotopic (exact) mass is 331 g/mol. The van der Waals surface area contributed by atoms with Gasteiger partial charge in [-0.1, -0.05) is 18.2 Å². The predicted octanol–water partition coefficient (Wildman–Crippen LogP) is 2.21. The van der Waals surface area contributed by atoms with Crippen LogP contribution in [0.25, 0.3) is 0 Å². The summed E-state index contributed by atoms with van der Waals surface area (Å²) in [5, 5.41) is 0. The number of ether oxygens (including phenoxy) is 1. The topological polar surface area (TPSA) is 72.5 Å². The second-order valence-electron chi connectivity index (χ2n) is 6.07. The van der Waals surface area contributed by atoms with Crippen LogP contribution in [0.3, 0.4) is 0 Å². The Morgan fingerprint density at radius 2 is 1.91 bits per heavy atom. The van der Waals surface area contributed by atoms with Gasteiger partial charge in [0.1, 0.15) is 12.8 Å². The van der Waals surface area contributed by atoms with E-state index in [9.17, 15) is 17.6 Å². The average Bonchev–Trinajstić information content (AvgIpc) is 2.34. The van der Waals surface area contributed by atoms with Crippen LogP contribution in [0.15, 0.2) is 29.2 Å². The van der Waals surface area contributed by atoms with E-state index in [1.165, 1.54) is 13.0 Å². The maximum atomic E-state index is 13.9. The molecule has 0 saturated carbocycles. The van der Waals surface area contributed by atoms with Crippen LogP contribution in [-0.2, 0) is 26.0 Å². The highest BCUT2D eigenvalue weighted by Gasteiger charge is 2.25. The Morgan fingerprint density at radius 3 is 2.45 bits per heavy atom. The summed E-state index contributed by atoms with van der Waals surface area (Å²) in [7, 11) is -3.75. The number of sulfonamides is 1. The molecule has 0 aliphatic carbocycles. The van der Waals surface area contributed by atoms with Gasteiger partial charge in [-0.15, -0.1) is 0 Å². The summed E-state index contributed by atoms with van der Waals surface area (Å²) in [4.78, 5) is 10.7. The van der Waals surface area contributed by atoms with Gasteiger partial charge in [0.05, 0.1) is 4.90 Å². The van der Waals surface area contributed by atoms with Crippen molar-refractivity contribution in [3.05, 3.63) is 29.8 Å². The van der Waals surface area contributed by atoms with E-state index in [-0.39, 0.29) is 11.3 Å². The minimum atomic E-state index is -3.75. The molecule has 0 bridgehead atoms. The van der Waals surface area contributed by atoms with Gasteiger partial charge in [-0.2, -0.15) is 0 Å². The standard InChI is InChI=1S/C15H22FNO4S/c1-11(18)21-10-13(16)9-12-7-5-6-8-14(12)22(19,20)17-15(2,3)4/h5-8,13,17H,9-10H2,1-4H3. The van der Waals surface area contributed by atoms with Crippen LogP contribution in [0, 0.1) is 0 Å². The van der Waals surface area contributed by atoms with Crippen LogP contribution >= 0.6 is 0 Å². The molecule has 5 nitrogen and oxygen atoms in total. The van der Waals surface area contributed by atoms with Crippen molar-refractivity contribution < 1.29 is 22.3 Å². The normalized spacial score (nSPS) is 13.7. The van der Waals surface area contributed by atoms with E-state index >= 15 is 0 Å². The summed E-state index contributed by atoms with van der Waals surface area (Å²) in [6.07, 6.45) is -1.61. The first-order chi connectivity index (χ1) is 10.0. The molecule has 0 spiro atoms. The van der Waals surface area contributed by atoms with E-state index in [1.807, 2.05) is 0 Å². The Kier molecular flexibility index (Phi) is 6.08. The van der Waals surface area contributed by atoms with E-state index in [0.29, 0.717) is 5.56 Å². The molecule has 0 amide bonds. The molecule has 0 aromatic heterocycles. The lowest BCUT2D eigenvalue weighted by Gasteiger charge is -2.22. The van der Waals surface area contributed by atoms with Gasteiger partial charge in [-0.05, 0) is 32.4 Å². The Labute approximate surface area is 130 Å². The van der Waals surface area contributed by atoms with Crippen LogP contribution in [0.1, 0.15) is 33.3 Å². The number of nitrogens with one attached hydrogen (secondary N) is 1. The van der Waals surface area contributed by atoms with Gasteiger partial charge >= 0.3 is 5.97 Å². The molecule has 0 aliphatic heterocycles. The van der Waals surface area contributed by atoms with Crippen molar-refractivity contribution in [2.45, 2.75) is 50.7 Å². The number of hydrogen-bond donors (Lipinski definition) is 1. The zero-order valence-electron chi connectivity index (χ0n) is 13.2. The molecule has 7 heteroatoms. The molecule has 1 N–H and O–H groups in total. The first-order valence-electron chi connectivity index (χ1n) is 6.90. The van der Waals surface area contributed by atoms with Gasteiger partial charge < -0.3 is 4.74 Å². The van der Waals surface area contributed by atoms with E-state index in [4.69, 9.17) is 0 Å². The predicted molar refractivity (Wildman–Crippen MR) is 81.7 cm³/mol. The van der Waals surface area contributed by atoms with Gasteiger partial charge in [-0.3, -0.25) is 4.79 Å². The summed E-state index contributed by atoms with van der Waals surface area (Å²) < 4.78 is 45.8. The zero-order chi connectivity index (χ0) is 17.0. The average molecular weight is 331 g/mol. The Balaban J connectivity index is 2.97. The van der Waals surface area contributed by atoms with Crippen molar-refractivity contribution >= 4 is 16.0 Å². The van der Waals surface area contributed by atoms with Crippen LogP contribution in [0.2, 0.25) is 0 Å². The molecule has 22 heavy (non-hydrogen) atoms. The number of esters is 1. The Bertz CT molecular complexity index is 623. The molecule has 0 aliphatic rings. The van der Waals surface area contributed by atoms with Crippen molar-refractivity contribution in [3.63, 3.8) is 0 Å². The third-order valence-electron chi connectivity index (χ3n) is 2.61. The number of carbonyl (C=O) groups is 1. The molecule has 0 heterocycles. The lowest BCUT2D eigenvalue weighted by molar-refractivity contribution is -0.142. The van der Waals surface area contributed by atoms with Crippen molar-refractivity contribution in [1.29, 1.82) is 0 Å². The molecule has 124 valence electrons. The summed E-state index contributed by atoms with van der Waals surface area (Å²) in [6, 6.07) is 6.21. The summed E-state index contributed by atoms with van der Waals surface area (Å²) in [5.41, 5.74) is -0.294. The SMILES string of the molecule is CC(=O)OCC(F)Cc1ccccc1S(=O)(=O)NC(C)(C)C. The lowest BCUT2D eigenvalue weighted by Crippen LogP contribution is -2.40. The Morgan fingerprint density at radius 1 is 1.32 bits per heavy atom. The zero-order valence-corrected chi connectivity index (χ0v) is 14.0. The largest absolute Gasteiger partial charge is 0.463 e. The highest BCUT2D eigenvalue weighted by atomic mass is 32.2. The number of alkyl halides is 1. The number of halogens is 1. The molecule has 0 radical (unpaired) electrons. The fourth-order valence-electron chi connectivity index (χ4n) is 1.90. The van der Waals surface area contributed by atoms with Gasteiger partial charge in [0.25, 0.3) is 0 Å². The lowest BCUT2D eigenvalue weighted by atomic mass is 10.1. The number of carbonyl (C=O) groups excluding carboxylic acids is 1. The van der Waals surface area contributed by atoms with Crippen LogP contribution in [0.5, 0.6) is 0 Å². The minimum Gasteiger partial charge on any atom is -0.463 e. The fraction of sp³-hybridized carbons (Fsp3) is 0.533. The maximum absolute atomic E-state index is 13.9. The van der Waals surface area contributed by atoms with Crippen LogP contribution in [-0.4, -0.2) is 32.7 Å². The van der Waals surface area contributed by atoms with E-state index in [0.717, 1.165) is 0 Å². The second-order valence-corrected chi connectivity index (χ2v) is 7.72. The van der Waals surface area contributed by atoms with Gasteiger partial charge in [0.15, 0.2) is 0 Å². The maximum Gasteiger partial charge on any atom is 0.302 e. The quantitative estimate of drug-likeness (QED) is 0.811. The first-order valence-corrected chi connectivity index (χ1v) is 8.39. The molecule has 1 aromatic rings. The fourth-order valence-corrected chi connectivity index (χ4v) is 3.57. The summed E-state index contributed by atoms with van der Waals surface area (Å²) >= 11 is 0. The van der Waals surface area contributed by atoms with Crippen molar-refractivity contribution in [2.75, 3.05) is 6.61 Å². The van der Waals surface area contributed by atoms with E-state index in [1.54, 1.807) is 39.0 Å². The number of hydrogen-bond acceptors (Lipinski definition) is 4. The van der Waals surface area contributed by atoms with Crippen LogP contribution in [0.4, 0.5) is 4.39 Å². The molecule has 1 atom stereocenters. The summed E-state index contributed by atoms with van der Waals surface area (Å²) in [6.45, 7) is 5.98. The first kappa shape index (κ1) is 18.6. The highest BCUT2D eigenvalue weighted by Crippen LogP contribution is 2.20.